The molecule has 0 atom stereocenters. The molecule has 0 unspecified atom stereocenters. The first-order valence-corrected chi connectivity index (χ1v) is 11.4. The second kappa shape index (κ2) is 6.79. The van der Waals surface area contributed by atoms with Gasteiger partial charge in [0.25, 0.3) is 0 Å². The number of oxazole rings is 2. The zero-order chi connectivity index (χ0) is 22.0. The highest BCUT2D eigenvalue weighted by Gasteiger charge is 2.25. The van der Waals surface area contributed by atoms with Crippen LogP contribution in [0.15, 0.2) is 56.7 Å². The molecule has 5 rings (SSSR count). The van der Waals surface area contributed by atoms with Crippen molar-refractivity contribution in [3.63, 3.8) is 0 Å². The monoisotopic (exact) mass is 430 g/mol. The quantitative estimate of drug-likeness (QED) is 0.285. The van der Waals surface area contributed by atoms with Crippen LogP contribution in [0.1, 0.15) is 52.7 Å². The van der Waals surface area contributed by atoms with Crippen LogP contribution in [0, 0.1) is 0 Å². The Kier molecular flexibility index (Phi) is 4.38. The highest BCUT2D eigenvalue weighted by Crippen LogP contribution is 2.41. The molecule has 4 nitrogen and oxygen atoms in total. The van der Waals surface area contributed by atoms with Crippen molar-refractivity contribution in [2.24, 2.45) is 0 Å². The van der Waals surface area contributed by atoms with E-state index in [0.29, 0.717) is 11.8 Å². The van der Waals surface area contributed by atoms with Gasteiger partial charge in [0.15, 0.2) is 11.2 Å². The van der Waals surface area contributed by atoms with Crippen LogP contribution in [0.2, 0.25) is 0 Å². The zero-order valence-electron chi connectivity index (χ0n) is 18.7. The van der Waals surface area contributed by atoms with Crippen molar-refractivity contribution in [3.05, 3.63) is 59.0 Å². The van der Waals surface area contributed by atoms with Crippen LogP contribution in [-0.4, -0.2) is 9.97 Å². The van der Waals surface area contributed by atoms with Crippen LogP contribution >= 0.6 is 11.3 Å². The topological polar surface area (TPSA) is 52.1 Å². The Bertz CT molecular complexity index is 1300. The Morgan fingerprint density at radius 3 is 1.74 bits per heavy atom. The number of nitrogens with zero attached hydrogens (tertiary/aromatic N) is 2. The molecule has 0 aliphatic rings. The summed E-state index contributed by atoms with van der Waals surface area (Å²) in [5.74, 6) is 1.20. The average Bonchev–Trinajstić information content (AvgIpc) is 3.41. The molecule has 5 heteroatoms. The van der Waals surface area contributed by atoms with Crippen LogP contribution in [0.3, 0.4) is 0 Å². The molecule has 31 heavy (non-hydrogen) atoms. The van der Waals surface area contributed by atoms with Gasteiger partial charge in [-0.2, -0.15) is 0 Å². The highest BCUT2D eigenvalue weighted by molar-refractivity contribution is 7.14. The van der Waals surface area contributed by atoms with Crippen molar-refractivity contribution in [1.29, 1.82) is 0 Å². The number of para-hydroxylation sites is 2. The molecule has 3 heterocycles. The van der Waals surface area contributed by atoms with Gasteiger partial charge >= 0.3 is 0 Å². The first-order valence-electron chi connectivity index (χ1n) is 10.5. The van der Waals surface area contributed by atoms with Gasteiger partial charge in [-0.3, -0.25) is 0 Å². The molecule has 5 aromatic rings. The second-order valence-corrected chi connectivity index (χ2v) is 10.9. The summed E-state index contributed by atoms with van der Waals surface area (Å²) in [5.41, 5.74) is 6.64. The molecular weight excluding hydrogens is 404 g/mol. The third kappa shape index (κ3) is 3.37. The maximum Gasteiger partial charge on any atom is 0.238 e. The molecule has 0 saturated heterocycles. The zero-order valence-corrected chi connectivity index (χ0v) is 19.6. The summed E-state index contributed by atoms with van der Waals surface area (Å²) in [6.07, 6.45) is 0. The Hall–Kier alpha value is -2.92. The number of hydrogen-bond donors (Lipinski definition) is 0. The molecule has 158 valence electrons. The van der Waals surface area contributed by atoms with Gasteiger partial charge in [-0.05, 0) is 45.5 Å². The lowest BCUT2D eigenvalue weighted by Crippen LogP contribution is -2.11. The number of rotatable bonds is 2. The van der Waals surface area contributed by atoms with Crippen LogP contribution < -0.4 is 0 Å². The minimum atomic E-state index is -0.0191. The maximum absolute atomic E-state index is 6.19. The minimum Gasteiger partial charge on any atom is -0.436 e. The molecule has 0 N–H and O–H groups in total. The van der Waals surface area contributed by atoms with E-state index < -0.39 is 0 Å². The third-order valence-corrected chi connectivity index (χ3v) is 6.45. The van der Waals surface area contributed by atoms with E-state index in [1.807, 2.05) is 35.7 Å². The number of hydrogen-bond acceptors (Lipinski definition) is 5. The van der Waals surface area contributed by atoms with E-state index in [1.165, 1.54) is 11.1 Å². The fraction of sp³-hybridized carbons (Fsp3) is 0.308. The number of benzene rings is 2. The number of thiophene rings is 1. The predicted octanol–water partition coefficient (Wildman–Crippen LogP) is 7.96. The fourth-order valence-electron chi connectivity index (χ4n) is 3.96. The largest absolute Gasteiger partial charge is 0.436 e. The Morgan fingerprint density at radius 1 is 0.677 bits per heavy atom. The predicted molar refractivity (Wildman–Crippen MR) is 128 cm³/mol. The van der Waals surface area contributed by atoms with E-state index in [2.05, 4.69) is 53.7 Å². The summed E-state index contributed by atoms with van der Waals surface area (Å²) >= 11 is 1.59. The maximum atomic E-state index is 6.19. The van der Waals surface area contributed by atoms with Crippen LogP contribution in [0.25, 0.3) is 44.4 Å². The van der Waals surface area contributed by atoms with Gasteiger partial charge in [-0.25, -0.2) is 9.97 Å². The smallest absolute Gasteiger partial charge is 0.238 e. The van der Waals surface area contributed by atoms with Gasteiger partial charge in [0, 0.05) is 0 Å². The summed E-state index contributed by atoms with van der Waals surface area (Å²) in [7, 11) is 0. The first-order chi connectivity index (χ1) is 14.6. The summed E-state index contributed by atoms with van der Waals surface area (Å²) in [5, 5.41) is 2.03. The SMILES string of the molecule is CC(C)(C)c1cccc2oc(-c3ccsc3-c3nc4c(C(C)(C)C)cccc4o3)nc12. The van der Waals surface area contributed by atoms with Crippen molar-refractivity contribution in [3.8, 4) is 22.2 Å². The average molecular weight is 431 g/mol. The first kappa shape index (κ1) is 20.0. The summed E-state index contributed by atoms with van der Waals surface area (Å²) in [6.45, 7) is 13.2. The van der Waals surface area contributed by atoms with E-state index >= 15 is 0 Å². The molecule has 0 saturated carbocycles. The van der Waals surface area contributed by atoms with Crippen molar-refractivity contribution in [2.75, 3.05) is 0 Å². The molecule has 0 spiro atoms. The summed E-state index contributed by atoms with van der Waals surface area (Å²) in [6, 6.07) is 14.3. The van der Waals surface area contributed by atoms with E-state index in [0.717, 1.165) is 32.6 Å². The van der Waals surface area contributed by atoms with Gasteiger partial charge in [-0.1, -0.05) is 65.8 Å². The van der Waals surface area contributed by atoms with Gasteiger partial charge in [0.05, 0.1) is 5.56 Å². The summed E-state index contributed by atoms with van der Waals surface area (Å²) < 4.78 is 12.4. The normalized spacial score (nSPS) is 12.8. The van der Waals surface area contributed by atoms with Crippen molar-refractivity contribution < 1.29 is 8.83 Å². The van der Waals surface area contributed by atoms with Crippen molar-refractivity contribution in [2.45, 2.75) is 52.4 Å². The summed E-state index contributed by atoms with van der Waals surface area (Å²) in [4.78, 5) is 10.7. The van der Waals surface area contributed by atoms with Crippen molar-refractivity contribution in [1.82, 2.24) is 9.97 Å². The molecular formula is C26H26N2O2S. The molecule has 0 amide bonds. The Balaban J connectivity index is 1.66. The van der Waals surface area contributed by atoms with Crippen LogP contribution in [0.5, 0.6) is 0 Å². The van der Waals surface area contributed by atoms with E-state index in [-0.39, 0.29) is 10.8 Å². The van der Waals surface area contributed by atoms with E-state index in [4.69, 9.17) is 18.8 Å². The highest BCUT2D eigenvalue weighted by atomic mass is 32.1. The molecule has 0 radical (unpaired) electrons. The van der Waals surface area contributed by atoms with Crippen molar-refractivity contribution >= 4 is 33.5 Å². The van der Waals surface area contributed by atoms with Crippen LogP contribution in [0.4, 0.5) is 0 Å². The molecule has 0 aliphatic heterocycles. The number of aromatic nitrogens is 2. The lowest BCUT2D eigenvalue weighted by molar-refractivity contribution is 0.593. The second-order valence-electron chi connectivity index (χ2n) is 10.0. The van der Waals surface area contributed by atoms with Gasteiger partial charge in [0.1, 0.15) is 15.9 Å². The molecule has 0 aliphatic carbocycles. The Labute approximate surface area is 185 Å². The number of fused-ring (bicyclic) bond motifs is 2. The Morgan fingerprint density at radius 2 is 1.19 bits per heavy atom. The molecule has 0 bridgehead atoms. The van der Waals surface area contributed by atoms with Gasteiger partial charge < -0.3 is 8.83 Å². The molecule has 3 aromatic heterocycles. The third-order valence-electron chi connectivity index (χ3n) is 5.54. The standard InChI is InChI=1S/C26H26N2O2S/c1-25(2,3)16-9-7-11-18-20(16)27-23(29-18)15-13-14-31-22(15)24-28-21-17(26(4,5)6)10-8-12-19(21)30-24/h7-14H,1-6H3. The fourth-order valence-corrected chi connectivity index (χ4v) is 4.77. The molecule has 0 fully saturated rings. The lowest BCUT2D eigenvalue weighted by Gasteiger charge is -2.18. The van der Waals surface area contributed by atoms with E-state index in [1.54, 1.807) is 11.3 Å². The van der Waals surface area contributed by atoms with Crippen LogP contribution in [-0.2, 0) is 10.8 Å². The van der Waals surface area contributed by atoms with Gasteiger partial charge in [-0.15, -0.1) is 11.3 Å². The minimum absolute atomic E-state index is 0.0183. The lowest BCUT2D eigenvalue weighted by atomic mass is 9.86. The van der Waals surface area contributed by atoms with Gasteiger partial charge in [0.2, 0.25) is 11.8 Å². The molecule has 2 aromatic carbocycles. The van der Waals surface area contributed by atoms with E-state index in [9.17, 15) is 0 Å².